The number of thioether (sulfide) groups is 1. The first-order valence-corrected chi connectivity index (χ1v) is 8.66. The van der Waals surface area contributed by atoms with Gasteiger partial charge in [-0.2, -0.15) is 11.8 Å². The Morgan fingerprint density at radius 1 is 1.37 bits per heavy atom. The van der Waals surface area contributed by atoms with E-state index in [2.05, 4.69) is 53.7 Å². The van der Waals surface area contributed by atoms with E-state index in [9.17, 15) is 0 Å². The van der Waals surface area contributed by atoms with Crippen molar-refractivity contribution in [1.82, 2.24) is 10.2 Å². The van der Waals surface area contributed by atoms with Gasteiger partial charge >= 0.3 is 0 Å². The van der Waals surface area contributed by atoms with Gasteiger partial charge in [0.1, 0.15) is 0 Å². The minimum absolute atomic E-state index is 0.688. The van der Waals surface area contributed by atoms with Crippen LogP contribution in [-0.4, -0.2) is 42.6 Å². The summed E-state index contributed by atoms with van der Waals surface area (Å²) in [6, 6.07) is 11.5. The number of hydrogen-bond donors (Lipinski definition) is 1. The number of rotatable bonds is 7. The third-order valence-electron chi connectivity index (χ3n) is 3.73. The Labute approximate surface area is 122 Å². The first-order chi connectivity index (χ1) is 9.28. The molecule has 1 aliphatic rings. The van der Waals surface area contributed by atoms with E-state index in [1.165, 1.54) is 30.8 Å². The van der Waals surface area contributed by atoms with Crippen molar-refractivity contribution in [2.45, 2.75) is 25.9 Å². The maximum absolute atomic E-state index is 3.73. The summed E-state index contributed by atoms with van der Waals surface area (Å²) in [6.45, 7) is 7.01. The Hall–Kier alpha value is -0.510. The summed E-state index contributed by atoms with van der Waals surface area (Å²) in [4.78, 5) is 2.56. The Morgan fingerprint density at radius 3 is 2.89 bits per heavy atom. The van der Waals surface area contributed by atoms with E-state index in [4.69, 9.17) is 0 Å². The van der Waals surface area contributed by atoms with E-state index >= 15 is 0 Å². The molecule has 1 aliphatic heterocycles. The number of likely N-dealkylation sites (tertiary alicyclic amines) is 1. The van der Waals surface area contributed by atoms with Crippen LogP contribution in [0.4, 0.5) is 0 Å². The quantitative estimate of drug-likeness (QED) is 0.825. The summed E-state index contributed by atoms with van der Waals surface area (Å²) in [5.41, 5.74) is 1.43. The van der Waals surface area contributed by atoms with E-state index in [0.29, 0.717) is 6.04 Å². The van der Waals surface area contributed by atoms with Crippen LogP contribution in [0.15, 0.2) is 30.3 Å². The number of nitrogens with zero attached hydrogens (tertiary/aromatic N) is 1. The van der Waals surface area contributed by atoms with Crippen molar-refractivity contribution >= 4 is 11.8 Å². The molecule has 0 bridgehead atoms. The molecule has 1 N–H and O–H groups in total. The lowest BCUT2D eigenvalue weighted by Crippen LogP contribution is -2.35. The average molecular weight is 278 g/mol. The zero-order chi connectivity index (χ0) is 13.5. The van der Waals surface area contributed by atoms with Crippen LogP contribution >= 0.6 is 11.8 Å². The monoisotopic (exact) mass is 278 g/mol. The van der Waals surface area contributed by atoms with Gasteiger partial charge < -0.3 is 5.32 Å². The third-order valence-corrected chi connectivity index (χ3v) is 4.63. The standard InChI is InChI=1S/C16H26N2S/c1-14(13-19-2)10-17-16-8-9-18(12-16)11-15-6-4-3-5-7-15/h3-7,14,16-17H,8-13H2,1-2H3. The molecule has 1 fully saturated rings. The molecule has 1 aromatic carbocycles. The number of nitrogens with one attached hydrogen (secondary N) is 1. The molecule has 0 spiro atoms. The van der Waals surface area contributed by atoms with Gasteiger partial charge in [-0.3, -0.25) is 4.90 Å². The van der Waals surface area contributed by atoms with E-state index in [-0.39, 0.29) is 0 Å². The topological polar surface area (TPSA) is 15.3 Å². The third kappa shape index (κ3) is 5.17. The molecule has 106 valence electrons. The van der Waals surface area contributed by atoms with Gasteiger partial charge in [0.25, 0.3) is 0 Å². The Kier molecular flexibility index (Phi) is 6.21. The zero-order valence-corrected chi connectivity index (χ0v) is 13.0. The fraction of sp³-hybridized carbons (Fsp3) is 0.625. The van der Waals surface area contributed by atoms with Crippen LogP contribution in [0, 0.1) is 5.92 Å². The molecule has 19 heavy (non-hydrogen) atoms. The lowest BCUT2D eigenvalue weighted by Gasteiger charge is -2.18. The molecule has 1 aromatic rings. The van der Waals surface area contributed by atoms with Gasteiger partial charge in [-0.1, -0.05) is 37.3 Å². The largest absolute Gasteiger partial charge is 0.312 e. The summed E-state index contributed by atoms with van der Waals surface area (Å²) in [5.74, 6) is 2.03. The molecule has 2 atom stereocenters. The van der Waals surface area contributed by atoms with Crippen molar-refractivity contribution in [2.75, 3.05) is 31.6 Å². The van der Waals surface area contributed by atoms with Crippen LogP contribution in [0.2, 0.25) is 0 Å². The molecule has 0 aromatic heterocycles. The number of hydrogen-bond acceptors (Lipinski definition) is 3. The molecule has 0 saturated carbocycles. The highest BCUT2D eigenvalue weighted by atomic mass is 32.2. The molecule has 0 aliphatic carbocycles. The van der Waals surface area contributed by atoms with Crippen molar-refractivity contribution in [2.24, 2.45) is 5.92 Å². The van der Waals surface area contributed by atoms with Crippen LogP contribution in [0.3, 0.4) is 0 Å². The number of benzene rings is 1. The Morgan fingerprint density at radius 2 is 2.16 bits per heavy atom. The molecule has 2 unspecified atom stereocenters. The molecule has 2 nitrogen and oxygen atoms in total. The Bertz CT molecular complexity index is 355. The lowest BCUT2D eigenvalue weighted by atomic mass is 10.2. The molecule has 1 heterocycles. The van der Waals surface area contributed by atoms with Crippen LogP contribution < -0.4 is 5.32 Å². The van der Waals surface area contributed by atoms with Crippen molar-refractivity contribution < 1.29 is 0 Å². The van der Waals surface area contributed by atoms with E-state index in [1.54, 1.807) is 0 Å². The fourth-order valence-corrected chi connectivity index (χ4v) is 3.38. The summed E-state index contributed by atoms with van der Waals surface area (Å²) in [5, 5.41) is 3.73. The lowest BCUT2D eigenvalue weighted by molar-refractivity contribution is 0.318. The molecule has 3 heteroatoms. The molecule has 0 radical (unpaired) electrons. The first kappa shape index (κ1) is 14.9. The predicted molar refractivity (Wildman–Crippen MR) is 85.7 cm³/mol. The van der Waals surface area contributed by atoms with Crippen LogP contribution in [0.25, 0.3) is 0 Å². The van der Waals surface area contributed by atoms with Crippen molar-refractivity contribution in [3.8, 4) is 0 Å². The summed E-state index contributed by atoms with van der Waals surface area (Å²) < 4.78 is 0. The van der Waals surface area contributed by atoms with Gasteiger partial charge in [0, 0.05) is 25.7 Å². The smallest absolute Gasteiger partial charge is 0.0234 e. The molecular formula is C16H26N2S. The van der Waals surface area contributed by atoms with E-state index in [1.807, 2.05) is 11.8 Å². The average Bonchev–Trinajstić information content (AvgIpc) is 2.86. The summed E-state index contributed by atoms with van der Waals surface area (Å²) in [6.07, 6.45) is 3.48. The van der Waals surface area contributed by atoms with Gasteiger partial charge in [-0.25, -0.2) is 0 Å². The maximum atomic E-state index is 3.73. The highest BCUT2D eigenvalue weighted by Gasteiger charge is 2.22. The summed E-state index contributed by atoms with van der Waals surface area (Å²) >= 11 is 1.94. The predicted octanol–water partition coefficient (Wildman–Crippen LogP) is 2.85. The van der Waals surface area contributed by atoms with Crippen LogP contribution in [0.1, 0.15) is 18.9 Å². The van der Waals surface area contributed by atoms with Crippen molar-refractivity contribution in [3.63, 3.8) is 0 Å². The zero-order valence-electron chi connectivity index (χ0n) is 12.1. The summed E-state index contributed by atoms with van der Waals surface area (Å²) in [7, 11) is 0. The van der Waals surface area contributed by atoms with Crippen LogP contribution in [-0.2, 0) is 6.54 Å². The highest BCUT2D eigenvalue weighted by Crippen LogP contribution is 2.14. The van der Waals surface area contributed by atoms with Gasteiger partial charge in [0.05, 0.1) is 0 Å². The van der Waals surface area contributed by atoms with Crippen molar-refractivity contribution in [1.29, 1.82) is 0 Å². The SMILES string of the molecule is CSCC(C)CNC1CCN(Cc2ccccc2)C1. The van der Waals surface area contributed by atoms with Gasteiger partial charge in [0.2, 0.25) is 0 Å². The van der Waals surface area contributed by atoms with Gasteiger partial charge in [0.15, 0.2) is 0 Å². The fourth-order valence-electron chi connectivity index (χ4n) is 2.70. The second-order valence-corrected chi connectivity index (χ2v) is 6.59. The molecule has 2 rings (SSSR count). The molecule has 0 amide bonds. The normalized spacial score (nSPS) is 21.7. The first-order valence-electron chi connectivity index (χ1n) is 7.26. The van der Waals surface area contributed by atoms with Gasteiger partial charge in [-0.05, 0) is 36.5 Å². The Balaban J connectivity index is 1.68. The minimum atomic E-state index is 0.688. The van der Waals surface area contributed by atoms with Crippen molar-refractivity contribution in [3.05, 3.63) is 35.9 Å². The molecular weight excluding hydrogens is 252 g/mol. The second kappa shape index (κ2) is 7.93. The van der Waals surface area contributed by atoms with Crippen LogP contribution in [0.5, 0.6) is 0 Å². The second-order valence-electron chi connectivity index (χ2n) is 5.68. The highest BCUT2D eigenvalue weighted by molar-refractivity contribution is 7.98. The maximum Gasteiger partial charge on any atom is 0.0234 e. The minimum Gasteiger partial charge on any atom is -0.312 e. The van der Waals surface area contributed by atoms with Gasteiger partial charge in [-0.15, -0.1) is 0 Å². The molecule has 1 saturated heterocycles. The van der Waals surface area contributed by atoms with E-state index in [0.717, 1.165) is 19.0 Å². The van der Waals surface area contributed by atoms with E-state index < -0.39 is 0 Å².